The lowest BCUT2D eigenvalue weighted by Crippen LogP contribution is -2.36. The van der Waals surface area contributed by atoms with Crippen molar-refractivity contribution in [3.8, 4) is 0 Å². The summed E-state index contributed by atoms with van der Waals surface area (Å²) < 4.78 is 28.3. The average Bonchev–Trinajstić information content (AvgIpc) is 3.02. The molecule has 6 heteroatoms. The van der Waals surface area contributed by atoms with Crippen LogP contribution in [0.15, 0.2) is 84.6 Å². The molecule has 0 saturated carbocycles. The molecule has 2 amide bonds. The summed E-state index contributed by atoms with van der Waals surface area (Å²) in [6.07, 6.45) is 0. The molecule has 0 aliphatic carbocycles. The monoisotopic (exact) mass is 404 g/mol. The summed E-state index contributed by atoms with van der Waals surface area (Å²) in [6.45, 7) is 2.25. The highest BCUT2D eigenvalue weighted by molar-refractivity contribution is 6.46. The van der Waals surface area contributed by atoms with Gasteiger partial charge in [0.2, 0.25) is 0 Å². The van der Waals surface area contributed by atoms with Crippen molar-refractivity contribution in [1.29, 1.82) is 0 Å². The molecule has 3 aromatic carbocycles. The highest BCUT2D eigenvalue weighted by Crippen LogP contribution is 2.37. The maximum absolute atomic E-state index is 14.5. The van der Waals surface area contributed by atoms with Crippen molar-refractivity contribution in [2.75, 3.05) is 16.3 Å². The van der Waals surface area contributed by atoms with Crippen molar-refractivity contribution in [1.82, 2.24) is 0 Å². The number of carbonyl (C=O) groups excluding carboxylic acids is 2. The summed E-state index contributed by atoms with van der Waals surface area (Å²) in [7, 11) is 0. The van der Waals surface area contributed by atoms with Gasteiger partial charge >= 0.3 is 0 Å². The number of likely N-dealkylation sites (N-methyl/N-ethyl adjacent to an activating group) is 1. The Balaban J connectivity index is 1.93. The van der Waals surface area contributed by atoms with Crippen LogP contribution in [0.5, 0.6) is 0 Å². The third kappa shape index (κ3) is 3.26. The predicted octanol–water partition coefficient (Wildman–Crippen LogP) is 4.78. The van der Waals surface area contributed by atoms with E-state index in [1.165, 1.54) is 0 Å². The normalized spacial score (nSPS) is 13.9. The van der Waals surface area contributed by atoms with Crippen molar-refractivity contribution in [2.24, 2.45) is 0 Å². The number of halogens is 2. The molecule has 0 fully saturated rings. The number of para-hydroxylation sites is 1. The topological polar surface area (TPSA) is 40.6 Å². The molecular formula is C24H18F2N2O2. The van der Waals surface area contributed by atoms with Crippen molar-refractivity contribution in [3.63, 3.8) is 0 Å². The zero-order valence-corrected chi connectivity index (χ0v) is 16.2. The maximum atomic E-state index is 14.5. The molecule has 0 N–H and O–H groups in total. The van der Waals surface area contributed by atoms with Gasteiger partial charge in [-0.25, -0.2) is 13.7 Å². The lowest BCUT2D eigenvalue weighted by Gasteiger charge is -2.25. The lowest BCUT2D eigenvalue weighted by atomic mass is 10.0. The Kier molecular flexibility index (Phi) is 5.14. The summed E-state index contributed by atoms with van der Waals surface area (Å²) in [5, 5.41) is 0. The molecule has 1 aliphatic heterocycles. The second-order valence-electron chi connectivity index (χ2n) is 6.71. The van der Waals surface area contributed by atoms with E-state index < -0.39 is 29.1 Å². The molecule has 0 spiro atoms. The van der Waals surface area contributed by atoms with Gasteiger partial charge < -0.3 is 4.90 Å². The van der Waals surface area contributed by atoms with E-state index in [9.17, 15) is 18.4 Å². The first kappa shape index (κ1) is 19.5. The van der Waals surface area contributed by atoms with Crippen LogP contribution in [0, 0.1) is 11.6 Å². The van der Waals surface area contributed by atoms with Gasteiger partial charge in [0.05, 0.1) is 11.3 Å². The van der Waals surface area contributed by atoms with Crippen LogP contribution in [0.1, 0.15) is 12.5 Å². The fourth-order valence-corrected chi connectivity index (χ4v) is 3.59. The first-order valence-electron chi connectivity index (χ1n) is 9.49. The molecule has 150 valence electrons. The molecule has 0 aromatic heterocycles. The molecule has 0 saturated heterocycles. The van der Waals surface area contributed by atoms with Gasteiger partial charge in [-0.1, -0.05) is 48.5 Å². The second-order valence-corrected chi connectivity index (χ2v) is 6.71. The van der Waals surface area contributed by atoms with Gasteiger partial charge in [0.25, 0.3) is 11.8 Å². The first-order chi connectivity index (χ1) is 14.5. The van der Waals surface area contributed by atoms with E-state index in [4.69, 9.17) is 0 Å². The molecule has 0 radical (unpaired) electrons. The second kappa shape index (κ2) is 7.91. The van der Waals surface area contributed by atoms with Gasteiger partial charge in [0.15, 0.2) is 0 Å². The Labute approximate surface area is 172 Å². The molecule has 0 unspecified atom stereocenters. The number of hydrogen-bond acceptors (Lipinski definition) is 3. The van der Waals surface area contributed by atoms with Crippen LogP contribution in [-0.2, 0) is 9.59 Å². The lowest BCUT2D eigenvalue weighted by molar-refractivity contribution is -0.120. The minimum Gasteiger partial charge on any atom is -0.337 e. The highest BCUT2D eigenvalue weighted by Gasteiger charge is 2.43. The number of nitrogens with zero attached hydrogens (tertiary/aromatic N) is 2. The molecule has 30 heavy (non-hydrogen) atoms. The summed E-state index contributed by atoms with van der Waals surface area (Å²) in [6, 6.07) is 20.6. The Morgan fingerprint density at radius 1 is 0.833 bits per heavy atom. The fraction of sp³-hybridized carbons (Fsp3) is 0.0833. The van der Waals surface area contributed by atoms with Gasteiger partial charge in [-0.3, -0.25) is 9.59 Å². The summed E-state index contributed by atoms with van der Waals surface area (Å²) in [5.41, 5.74) is 1.11. The summed E-state index contributed by atoms with van der Waals surface area (Å²) >= 11 is 0. The summed E-state index contributed by atoms with van der Waals surface area (Å²) in [5.74, 6) is -2.99. The van der Waals surface area contributed by atoms with Gasteiger partial charge in [-0.05, 0) is 36.8 Å². The largest absolute Gasteiger partial charge is 0.337 e. The number of carbonyl (C=O) groups is 2. The van der Waals surface area contributed by atoms with E-state index in [1.807, 2.05) is 37.3 Å². The first-order valence-corrected chi connectivity index (χ1v) is 9.49. The van der Waals surface area contributed by atoms with Crippen LogP contribution in [0.4, 0.5) is 20.2 Å². The number of hydrogen-bond donors (Lipinski definition) is 0. The van der Waals surface area contributed by atoms with E-state index in [0.29, 0.717) is 22.7 Å². The standard InChI is InChI=1S/C24H18F2N2O2/c1-2-27(18-11-7-4-8-12-18)22-21(16-9-5-3-6-10-16)23(29)28(24(22)30)20-15-17(25)13-14-19(20)26/h3-15H,2H2,1H3. The molecule has 1 aliphatic rings. The minimum atomic E-state index is -0.852. The smallest absolute Gasteiger partial charge is 0.282 e. The predicted molar refractivity (Wildman–Crippen MR) is 112 cm³/mol. The van der Waals surface area contributed by atoms with Crippen LogP contribution in [0.25, 0.3) is 5.57 Å². The molecule has 1 heterocycles. The van der Waals surface area contributed by atoms with E-state index in [-0.39, 0.29) is 11.3 Å². The third-order valence-corrected chi connectivity index (χ3v) is 4.92. The van der Waals surface area contributed by atoms with Gasteiger partial charge in [0.1, 0.15) is 17.3 Å². The molecule has 4 rings (SSSR count). The average molecular weight is 404 g/mol. The molecule has 3 aromatic rings. The van der Waals surface area contributed by atoms with Crippen LogP contribution in [-0.4, -0.2) is 18.4 Å². The number of amides is 2. The van der Waals surface area contributed by atoms with E-state index in [2.05, 4.69) is 0 Å². The highest BCUT2D eigenvalue weighted by atomic mass is 19.1. The Morgan fingerprint density at radius 2 is 1.47 bits per heavy atom. The number of imide groups is 1. The Hall–Kier alpha value is -3.80. The van der Waals surface area contributed by atoms with Gasteiger partial charge in [-0.15, -0.1) is 0 Å². The molecule has 0 atom stereocenters. The maximum Gasteiger partial charge on any atom is 0.282 e. The van der Waals surface area contributed by atoms with Gasteiger partial charge in [0, 0.05) is 18.3 Å². The Bertz CT molecular complexity index is 1140. The van der Waals surface area contributed by atoms with Crippen molar-refractivity contribution in [3.05, 3.63) is 102 Å². The SMILES string of the molecule is CCN(C1=C(c2ccccc2)C(=O)N(c2cc(F)ccc2F)C1=O)c1ccccc1. The zero-order chi connectivity index (χ0) is 21.3. The van der Waals surface area contributed by atoms with E-state index in [1.54, 1.807) is 35.2 Å². The van der Waals surface area contributed by atoms with E-state index in [0.717, 1.165) is 18.2 Å². The zero-order valence-electron chi connectivity index (χ0n) is 16.2. The minimum absolute atomic E-state index is 0.128. The van der Waals surface area contributed by atoms with Gasteiger partial charge in [-0.2, -0.15) is 0 Å². The Morgan fingerprint density at radius 3 is 2.10 bits per heavy atom. The number of rotatable bonds is 5. The summed E-state index contributed by atoms with van der Waals surface area (Å²) in [4.78, 5) is 29.2. The van der Waals surface area contributed by atoms with Crippen molar-refractivity contribution < 1.29 is 18.4 Å². The van der Waals surface area contributed by atoms with Crippen LogP contribution in [0.2, 0.25) is 0 Å². The fourth-order valence-electron chi connectivity index (χ4n) is 3.59. The molecule has 0 bridgehead atoms. The van der Waals surface area contributed by atoms with Crippen LogP contribution in [0.3, 0.4) is 0 Å². The number of benzene rings is 3. The number of anilines is 2. The third-order valence-electron chi connectivity index (χ3n) is 4.92. The van der Waals surface area contributed by atoms with Crippen LogP contribution < -0.4 is 9.80 Å². The quantitative estimate of drug-likeness (QED) is 0.575. The van der Waals surface area contributed by atoms with Crippen molar-refractivity contribution in [2.45, 2.75) is 6.92 Å². The molecule has 4 nitrogen and oxygen atoms in total. The van der Waals surface area contributed by atoms with Crippen LogP contribution >= 0.6 is 0 Å². The van der Waals surface area contributed by atoms with E-state index >= 15 is 0 Å². The molecular weight excluding hydrogens is 386 g/mol. The van der Waals surface area contributed by atoms with Crippen molar-refractivity contribution >= 4 is 28.8 Å².